The van der Waals surface area contributed by atoms with Gasteiger partial charge in [0.05, 0.1) is 11.8 Å². The molecular weight excluding hydrogens is 273 g/mol. The van der Waals surface area contributed by atoms with Crippen LogP contribution in [-0.2, 0) is 16.0 Å². The summed E-state index contributed by atoms with van der Waals surface area (Å²) in [5.41, 5.74) is -0.0825. The van der Waals surface area contributed by atoms with Crippen LogP contribution in [0.25, 0.3) is 0 Å². The van der Waals surface area contributed by atoms with Gasteiger partial charge in [-0.05, 0) is 37.0 Å². The fraction of sp³-hybridized carbons (Fsp3) is 0.500. The van der Waals surface area contributed by atoms with E-state index in [1.54, 1.807) is 17.0 Å². The molecule has 0 bridgehead atoms. The predicted molar refractivity (Wildman–Crippen MR) is 76.3 cm³/mol. The molecular formula is C16H20FNO3. The van der Waals surface area contributed by atoms with E-state index in [1.165, 1.54) is 12.1 Å². The number of carbonyl (C=O) groups is 2. The number of halogens is 1. The number of benzene rings is 1. The Kier molecular flexibility index (Phi) is 4.60. The van der Waals surface area contributed by atoms with Crippen molar-refractivity contribution in [1.82, 2.24) is 4.90 Å². The Morgan fingerprint density at radius 1 is 1.33 bits per heavy atom. The van der Waals surface area contributed by atoms with Crippen LogP contribution in [0.4, 0.5) is 4.39 Å². The van der Waals surface area contributed by atoms with Crippen molar-refractivity contribution in [2.45, 2.75) is 32.6 Å². The van der Waals surface area contributed by atoms with Crippen LogP contribution >= 0.6 is 0 Å². The Labute approximate surface area is 123 Å². The highest BCUT2D eigenvalue weighted by Crippen LogP contribution is 2.33. The number of amides is 1. The van der Waals surface area contributed by atoms with Crippen LogP contribution in [0.3, 0.4) is 0 Å². The third-order valence-electron chi connectivity index (χ3n) is 4.33. The van der Waals surface area contributed by atoms with Crippen molar-refractivity contribution in [3.05, 3.63) is 35.6 Å². The predicted octanol–water partition coefficient (Wildman–Crippen LogP) is 2.47. The zero-order valence-electron chi connectivity index (χ0n) is 12.1. The molecule has 0 aliphatic carbocycles. The van der Waals surface area contributed by atoms with E-state index in [4.69, 9.17) is 0 Å². The fourth-order valence-corrected chi connectivity index (χ4v) is 2.85. The molecule has 1 aliphatic rings. The van der Waals surface area contributed by atoms with Crippen LogP contribution in [-0.4, -0.2) is 35.0 Å². The van der Waals surface area contributed by atoms with E-state index >= 15 is 0 Å². The molecule has 1 amide bonds. The van der Waals surface area contributed by atoms with Crippen molar-refractivity contribution in [1.29, 1.82) is 0 Å². The van der Waals surface area contributed by atoms with E-state index in [9.17, 15) is 19.1 Å². The molecule has 1 heterocycles. The Morgan fingerprint density at radius 2 is 2.00 bits per heavy atom. The SMILES string of the molecule is CCC1(C(=O)O)CCCN(C(=O)Cc2ccc(F)cc2)C1. The van der Waals surface area contributed by atoms with Crippen molar-refractivity contribution in [3.63, 3.8) is 0 Å². The lowest BCUT2D eigenvalue weighted by molar-refractivity contribution is -0.155. The first kappa shape index (κ1) is 15.5. The van der Waals surface area contributed by atoms with Gasteiger partial charge < -0.3 is 10.0 Å². The number of nitrogens with zero attached hydrogens (tertiary/aromatic N) is 1. The third-order valence-corrected chi connectivity index (χ3v) is 4.33. The Bertz CT molecular complexity index is 529. The molecule has 0 radical (unpaired) electrons. The quantitative estimate of drug-likeness (QED) is 0.927. The summed E-state index contributed by atoms with van der Waals surface area (Å²) in [6.45, 7) is 2.70. The first-order valence-electron chi connectivity index (χ1n) is 7.22. The lowest BCUT2D eigenvalue weighted by Crippen LogP contribution is -2.50. The van der Waals surface area contributed by atoms with Gasteiger partial charge in [0, 0.05) is 13.1 Å². The molecule has 2 rings (SSSR count). The van der Waals surface area contributed by atoms with E-state index in [1.807, 2.05) is 6.92 Å². The van der Waals surface area contributed by atoms with Gasteiger partial charge in [-0.15, -0.1) is 0 Å². The summed E-state index contributed by atoms with van der Waals surface area (Å²) in [7, 11) is 0. The molecule has 1 aliphatic heterocycles. The normalized spacial score (nSPS) is 22.1. The van der Waals surface area contributed by atoms with Gasteiger partial charge in [-0.2, -0.15) is 0 Å². The number of piperidine rings is 1. The first-order valence-corrected chi connectivity index (χ1v) is 7.22. The molecule has 4 nitrogen and oxygen atoms in total. The van der Waals surface area contributed by atoms with E-state index in [0.29, 0.717) is 25.8 Å². The minimum atomic E-state index is -0.829. The number of carboxylic acids is 1. The number of hydrogen-bond donors (Lipinski definition) is 1. The number of carbonyl (C=O) groups excluding carboxylic acids is 1. The maximum Gasteiger partial charge on any atom is 0.311 e. The second-order valence-corrected chi connectivity index (χ2v) is 5.66. The first-order chi connectivity index (χ1) is 9.97. The van der Waals surface area contributed by atoms with Crippen LogP contribution < -0.4 is 0 Å². The molecule has 0 aromatic heterocycles. The molecule has 0 spiro atoms. The topological polar surface area (TPSA) is 57.6 Å². The van der Waals surface area contributed by atoms with E-state index in [-0.39, 0.29) is 24.7 Å². The van der Waals surface area contributed by atoms with Crippen molar-refractivity contribution >= 4 is 11.9 Å². The highest BCUT2D eigenvalue weighted by Gasteiger charge is 2.41. The van der Waals surface area contributed by atoms with E-state index in [0.717, 1.165) is 5.56 Å². The van der Waals surface area contributed by atoms with Crippen LogP contribution in [0.2, 0.25) is 0 Å². The number of likely N-dealkylation sites (tertiary alicyclic amines) is 1. The minimum Gasteiger partial charge on any atom is -0.481 e. The highest BCUT2D eigenvalue weighted by atomic mass is 19.1. The molecule has 21 heavy (non-hydrogen) atoms. The van der Waals surface area contributed by atoms with Crippen molar-refractivity contribution in [2.75, 3.05) is 13.1 Å². The molecule has 1 fully saturated rings. The number of hydrogen-bond acceptors (Lipinski definition) is 2. The maximum atomic E-state index is 12.9. The van der Waals surface area contributed by atoms with E-state index in [2.05, 4.69) is 0 Å². The maximum absolute atomic E-state index is 12.9. The largest absolute Gasteiger partial charge is 0.481 e. The summed E-state index contributed by atoms with van der Waals surface area (Å²) in [6, 6.07) is 5.82. The Morgan fingerprint density at radius 3 is 2.57 bits per heavy atom. The van der Waals surface area contributed by atoms with Gasteiger partial charge >= 0.3 is 5.97 Å². The van der Waals surface area contributed by atoms with Crippen LogP contribution in [0.15, 0.2) is 24.3 Å². The number of carboxylic acid groups (broad SMARTS) is 1. The van der Waals surface area contributed by atoms with Gasteiger partial charge in [0.1, 0.15) is 5.82 Å². The van der Waals surface area contributed by atoms with Gasteiger partial charge in [0.25, 0.3) is 0 Å². The highest BCUT2D eigenvalue weighted by molar-refractivity contribution is 5.81. The lowest BCUT2D eigenvalue weighted by atomic mass is 9.77. The van der Waals surface area contributed by atoms with Gasteiger partial charge in [-0.1, -0.05) is 19.1 Å². The van der Waals surface area contributed by atoms with Crippen molar-refractivity contribution < 1.29 is 19.1 Å². The van der Waals surface area contributed by atoms with Crippen LogP contribution in [0.1, 0.15) is 31.7 Å². The smallest absolute Gasteiger partial charge is 0.311 e. The lowest BCUT2D eigenvalue weighted by Gasteiger charge is -2.39. The van der Waals surface area contributed by atoms with Gasteiger partial charge in [0.2, 0.25) is 5.91 Å². The van der Waals surface area contributed by atoms with Crippen LogP contribution in [0, 0.1) is 11.2 Å². The molecule has 114 valence electrons. The molecule has 1 aromatic carbocycles. The number of aliphatic carboxylic acids is 1. The molecule has 1 atom stereocenters. The summed E-state index contributed by atoms with van der Waals surface area (Å²) >= 11 is 0. The molecule has 1 saturated heterocycles. The molecule has 0 saturated carbocycles. The molecule has 5 heteroatoms. The average molecular weight is 293 g/mol. The van der Waals surface area contributed by atoms with E-state index < -0.39 is 11.4 Å². The van der Waals surface area contributed by atoms with Gasteiger partial charge in [-0.3, -0.25) is 9.59 Å². The summed E-state index contributed by atoms with van der Waals surface area (Å²) in [5, 5.41) is 9.43. The molecule has 1 unspecified atom stereocenters. The van der Waals surface area contributed by atoms with Gasteiger partial charge in [-0.25, -0.2) is 4.39 Å². The van der Waals surface area contributed by atoms with Gasteiger partial charge in [0.15, 0.2) is 0 Å². The monoisotopic (exact) mass is 293 g/mol. The van der Waals surface area contributed by atoms with Crippen LogP contribution in [0.5, 0.6) is 0 Å². The zero-order chi connectivity index (χ0) is 15.5. The standard InChI is InChI=1S/C16H20FNO3/c1-2-16(15(20)21)8-3-9-18(11-16)14(19)10-12-4-6-13(17)7-5-12/h4-7H,2-3,8-11H2,1H3,(H,20,21). The zero-order valence-corrected chi connectivity index (χ0v) is 12.1. The summed E-state index contributed by atoms with van der Waals surface area (Å²) < 4.78 is 12.9. The fourth-order valence-electron chi connectivity index (χ4n) is 2.85. The average Bonchev–Trinajstić information content (AvgIpc) is 2.49. The summed E-state index contributed by atoms with van der Waals surface area (Å²) in [4.78, 5) is 25.4. The van der Waals surface area contributed by atoms with Crippen molar-refractivity contribution in [2.24, 2.45) is 5.41 Å². The second kappa shape index (κ2) is 6.24. The third kappa shape index (κ3) is 3.40. The summed E-state index contributed by atoms with van der Waals surface area (Å²) in [6.07, 6.45) is 2.01. The Hall–Kier alpha value is -1.91. The second-order valence-electron chi connectivity index (χ2n) is 5.66. The molecule has 1 N–H and O–H groups in total. The Balaban J connectivity index is 2.05. The van der Waals surface area contributed by atoms with Crippen molar-refractivity contribution in [3.8, 4) is 0 Å². The number of rotatable bonds is 4. The minimum absolute atomic E-state index is 0.0969. The molecule has 1 aromatic rings. The summed E-state index contributed by atoms with van der Waals surface area (Å²) in [5.74, 6) is -1.26.